The molecule has 0 aliphatic carbocycles. The van der Waals surface area contributed by atoms with E-state index in [1.165, 1.54) is 0 Å². The molecule has 0 bridgehead atoms. The molecule has 5 heteroatoms. The van der Waals surface area contributed by atoms with Crippen molar-refractivity contribution in [2.75, 3.05) is 19.6 Å². The van der Waals surface area contributed by atoms with Crippen molar-refractivity contribution in [1.29, 1.82) is 0 Å². The maximum absolute atomic E-state index is 11.9. The molecular weight excluding hydrogens is 242 g/mol. The molecule has 0 aromatic heterocycles. The second-order valence-electron chi connectivity index (χ2n) is 4.27. The lowest BCUT2D eigenvalue weighted by Crippen LogP contribution is -2.37. The highest BCUT2D eigenvalue weighted by Crippen LogP contribution is 2.05. The van der Waals surface area contributed by atoms with Crippen molar-refractivity contribution in [2.45, 2.75) is 19.8 Å². The molecule has 5 nitrogen and oxygen atoms in total. The fourth-order valence-corrected chi connectivity index (χ4v) is 1.62. The molecule has 1 rings (SSSR count). The van der Waals surface area contributed by atoms with Crippen molar-refractivity contribution < 1.29 is 9.59 Å². The smallest absolute Gasteiger partial charge is 0.251 e. The zero-order valence-corrected chi connectivity index (χ0v) is 11.2. The van der Waals surface area contributed by atoms with Crippen molar-refractivity contribution in [3.63, 3.8) is 0 Å². The van der Waals surface area contributed by atoms with Gasteiger partial charge in [0.15, 0.2) is 0 Å². The average Bonchev–Trinajstić information content (AvgIpc) is 2.43. The molecule has 0 saturated carbocycles. The maximum Gasteiger partial charge on any atom is 0.251 e. The Bertz CT molecular complexity index is 432. The van der Waals surface area contributed by atoms with E-state index in [1.807, 2.05) is 19.1 Å². The molecule has 0 aliphatic heterocycles. The lowest BCUT2D eigenvalue weighted by Gasteiger charge is -2.07. The van der Waals surface area contributed by atoms with E-state index in [2.05, 4.69) is 10.6 Å². The van der Waals surface area contributed by atoms with Crippen LogP contribution in [0.1, 0.15) is 29.3 Å². The van der Waals surface area contributed by atoms with Crippen molar-refractivity contribution in [2.24, 2.45) is 5.73 Å². The van der Waals surface area contributed by atoms with E-state index in [0.29, 0.717) is 18.7 Å². The van der Waals surface area contributed by atoms with E-state index in [9.17, 15) is 9.59 Å². The Labute approximate surface area is 113 Å². The Kier molecular flexibility index (Phi) is 6.60. The first-order valence-corrected chi connectivity index (χ1v) is 6.51. The molecule has 1 aromatic carbocycles. The van der Waals surface area contributed by atoms with Crippen LogP contribution < -0.4 is 16.4 Å². The zero-order chi connectivity index (χ0) is 14.1. The first-order chi connectivity index (χ1) is 9.17. The van der Waals surface area contributed by atoms with Crippen LogP contribution in [0.25, 0.3) is 0 Å². The molecule has 0 saturated heterocycles. The molecule has 0 spiro atoms. The summed E-state index contributed by atoms with van der Waals surface area (Å²) in [5, 5.41) is 5.30. The van der Waals surface area contributed by atoms with Crippen molar-refractivity contribution in [3.05, 3.63) is 35.4 Å². The number of carbonyl (C=O) groups is 2. The van der Waals surface area contributed by atoms with Gasteiger partial charge in [-0.3, -0.25) is 9.59 Å². The Hall–Kier alpha value is -1.88. The van der Waals surface area contributed by atoms with Crippen LogP contribution in [0.3, 0.4) is 0 Å². The Morgan fingerprint density at radius 1 is 1.26 bits per heavy atom. The first kappa shape index (κ1) is 15.2. The van der Waals surface area contributed by atoms with Gasteiger partial charge in [0.2, 0.25) is 5.91 Å². The predicted octanol–water partition coefficient (Wildman–Crippen LogP) is 0.444. The van der Waals surface area contributed by atoms with Crippen LogP contribution in [0.15, 0.2) is 24.3 Å². The molecule has 4 N–H and O–H groups in total. The minimum atomic E-state index is -0.245. The van der Waals surface area contributed by atoms with E-state index in [-0.39, 0.29) is 18.4 Å². The number of amides is 2. The summed E-state index contributed by atoms with van der Waals surface area (Å²) in [7, 11) is 0. The molecule has 2 amide bonds. The van der Waals surface area contributed by atoms with Crippen LogP contribution in [0, 0.1) is 0 Å². The van der Waals surface area contributed by atoms with Crippen LogP contribution in [-0.2, 0) is 11.2 Å². The summed E-state index contributed by atoms with van der Waals surface area (Å²) in [6.07, 6.45) is 1.61. The van der Waals surface area contributed by atoms with E-state index in [1.54, 1.807) is 12.1 Å². The maximum atomic E-state index is 11.9. The van der Waals surface area contributed by atoms with Crippen LogP contribution >= 0.6 is 0 Å². The van der Waals surface area contributed by atoms with Gasteiger partial charge in [0.1, 0.15) is 0 Å². The standard InChI is InChI=1S/C14H21N3O2/c1-2-8-16-13(18)10-17-14(19)12-5-3-4-11(9-12)6-7-15/h3-5,9H,2,6-8,10,15H2,1H3,(H,16,18)(H,17,19). The summed E-state index contributed by atoms with van der Waals surface area (Å²) >= 11 is 0. The summed E-state index contributed by atoms with van der Waals surface area (Å²) in [4.78, 5) is 23.2. The summed E-state index contributed by atoms with van der Waals surface area (Å²) in [6, 6.07) is 7.26. The SMILES string of the molecule is CCCNC(=O)CNC(=O)c1cccc(CCN)c1. The third-order valence-electron chi connectivity index (χ3n) is 2.60. The number of hydrogen-bond donors (Lipinski definition) is 3. The normalized spacial score (nSPS) is 10.0. The van der Waals surface area contributed by atoms with Gasteiger partial charge >= 0.3 is 0 Å². The summed E-state index contributed by atoms with van der Waals surface area (Å²) in [5.74, 6) is -0.418. The van der Waals surface area contributed by atoms with Gasteiger partial charge in [-0.2, -0.15) is 0 Å². The highest BCUT2D eigenvalue weighted by molar-refractivity contribution is 5.96. The monoisotopic (exact) mass is 263 g/mol. The molecule has 0 aliphatic rings. The van der Waals surface area contributed by atoms with Gasteiger partial charge < -0.3 is 16.4 Å². The summed E-state index contributed by atoms with van der Waals surface area (Å²) in [5.41, 5.74) is 7.05. The van der Waals surface area contributed by atoms with Crippen molar-refractivity contribution in [1.82, 2.24) is 10.6 Å². The molecular formula is C14H21N3O2. The van der Waals surface area contributed by atoms with E-state index in [4.69, 9.17) is 5.73 Å². The molecule has 104 valence electrons. The van der Waals surface area contributed by atoms with E-state index >= 15 is 0 Å². The van der Waals surface area contributed by atoms with Gasteiger partial charge in [0.25, 0.3) is 5.91 Å². The molecule has 1 aromatic rings. The molecule has 0 unspecified atom stereocenters. The van der Waals surface area contributed by atoms with Crippen LogP contribution in [-0.4, -0.2) is 31.4 Å². The first-order valence-electron chi connectivity index (χ1n) is 6.51. The second-order valence-corrected chi connectivity index (χ2v) is 4.27. The Balaban J connectivity index is 2.49. The van der Waals surface area contributed by atoms with Gasteiger partial charge in [-0.05, 0) is 37.1 Å². The number of nitrogens with one attached hydrogen (secondary N) is 2. The fourth-order valence-electron chi connectivity index (χ4n) is 1.62. The highest BCUT2D eigenvalue weighted by Gasteiger charge is 2.07. The third-order valence-corrected chi connectivity index (χ3v) is 2.60. The van der Waals surface area contributed by atoms with Gasteiger partial charge in [0, 0.05) is 12.1 Å². The molecule has 0 atom stereocenters. The average molecular weight is 263 g/mol. The lowest BCUT2D eigenvalue weighted by molar-refractivity contribution is -0.120. The second kappa shape index (κ2) is 8.26. The van der Waals surface area contributed by atoms with Gasteiger partial charge in [-0.1, -0.05) is 19.1 Å². The number of nitrogens with two attached hydrogens (primary N) is 1. The number of benzene rings is 1. The molecule has 0 heterocycles. The van der Waals surface area contributed by atoms with Crippen molar-refractivity contribution >= 4 is 11.8 Å². The zero-order valence-electron chi connectivity index (χ0n) is 11.2. The van der Waals surface area contributed by atoms with E-state index in [0.717, 1.165) is 18.4 Å². The molecule has 0 radical (unpaired) electrons. The summed E-state index contributed by atoms with van der Waals surface area (Å²) < 4.78 is 0. The number of rotatable bonds is 7. The topological polar surface area (TPSA) is 84.2 Å². The van der Waals surface area contributed by atoms with Crippen molar-refractivity contribution in [3.8, 4) is 0 Å². The number of hydrogen-bond acceptors (Lipinski definition) is 3. The largest absolute Gasteiger partial charge is 0.355 e. The lowest BCUT2D eigenvalue weighted by atomic mass is 10.1. The molecule has 0 fully saturated rings. The predicted molar refractivity (Wildman–Crippen MR) is 74.8 cm³/mol. The highest BCUT2D eigenvalue weighted by atomic mass is 16.2. The Morgan fingerprint density at radius 2 is 2.05 bits per heavy atom. The summed E-state index contributed by atoms with van der Waals surface area (Å²) in [6.45, 7) is 3.15. The van der Waals surface area contributed by atoms with Gasteiger partial charge in [-0.25, -0.2) is 0 Å². The van der Waals surface area contributed by atoms with Crippen LogP contribution in [0.5, 0.6) is 0 Å². The quantitative estimate of drug-likeness (QED) is 0.667. The van der Waals surface area contributed by atoms with Gasteiger partial charge in [0.05, 0.1) is 6.54 Å². The van der Waals surface area contributed by atoms with Crippen LogP contribution in [0.4, 0.5) is 0 Å². The third kappa shape index (κ3) is 5.52. The Morgan fingerprint density at radius 3 is 2.74 bits per heavy atom. The molecule has 19 heavy (non-hydrogen) atoms. The number of carbonyl (C=O) groups excluding carboxylic acids is 2. The van der Waals surface area contributed by atoms with Crippen LogP contribution in [0.2, 0.25) is 0 Å². The van der Waals surface area contributed by atoms with Gasteiger partial charge in [-0.15, -0.1) is 0 Å². The van der Waals surface area contributed by atoms with E-state index < -0.39 is 0 Å². The minimum Gasteiger partial charge on any atom is -0.355 e. The fraction of sp³-hybridized carbons (Fsp3) is 0.429. The minimum absolute atomic E-state index is 0.0000498.